The minimum atomic E-state index is -2.51. The van der Waals surface area contributed by atoms with Crippen LogP contribution < -0.4 is 40.1 Å². The molecule has 0 atom stereocenters. The minimum absolute atomic E-state index is 0. The van der Waals surface area contributed by atoms with E-state index in [2.05, 4.69) is 48.5 Å². The number of rotatable bonds is 6. The molecular formula is C25H20ClLiP2S2. The summed E-state index contributed by atoms with van der Waals surface area (Å²) in [4.78, 5) is 0.731. The van der Waals surface area contributed by atoms with Gasteiger partial charge in [0.1, 0.15) is 0 Å². The number of hydrogen-bond acceptors (Lipinski definition) is 2. The van der Waals surface area contributed by atoms with E-state index in [0.29, 0.717) is 0 Å². The molecule has 150 valence electrons. The molecule has 4 aromatic carbocycles. The van der Waals surface area contributed by atoms with Crippen molar-refractivity contribution < 1.29 is 18.9 Å². The zero-order chi connectivity index (χ0) is 21.0. The molecule has 0 aliphatic carbocycles. The summed E-state index contributed by atoms with van der Waals surface area (Å²) in [5.74, 6) is 0. The molecule has 31 heavy (non-hydrogen) atoms. The van der Waals surface area contributed by atoms with Crippen LogP contribution in [-0.4, -0.2) is 0 Å². The molecule has 0 saturated heterocycles. The smallest absolute Gasteiger partial charge is 0.333 e. The molecule has 4 aromatic rings. The molecule has 6 heteroatoms. The van der Waals surface area contributed by atoms with Crippen LogP contribution in [0.4, 0.5) is 0 Å². The standard InChI is InChI=1S/C25H20ClP2S2.Li/c26-25(27(29,21-13-5-1-6-14-21)22-15-7-2-8-16-22)28(30,23-17-9-3-10-18-23)24-19-11-4-12-20-24;/h1-20H;/q-1;+1. The fraction of sp³-hybridized carbons (Fsp3) is 0. The fourth-order valence-corrected chi connectivity index (χ4v) is 15.6. The Bertz CT molecular complexity index is 1020. The van der Waals surface area contributed by atoms with E-state index < -0.39 is 12.1 Å². The van der Waals surface area contributed by atoms with E-state index in [1.165, 1.54) is 0 Å². The SMILES string of the molecule is S=P(c1ccccc1)(c1ccccc1)[C-](Cl)P(=S)(c1ccccc1)c1ccccc1.[Li+]. The molecule has 0 bridgehead atoms. The summed E-state index contributed by atoms with van der Waals surface area (Å²) in [7, 11) is 0. The summed E-state index contributed by atoms with van der Waals surface area (Å²) in [5, 5.41) is 4.27. The first-order chi connectivity index (χ1) is 14.6. The van der Waals surface area contributed by atoms with E-state index in [4.69, 9.17) is 35.2 Å². The van der Waals surface area contributed by atoms with Crippen molar-refractivity contribution in [2.24, 2.45) is 0 Å². The molecule has 0 unspecified atom stereocenters. The van der Waals surface area contributed by atoms with E-state index in [1.54, 1.807) is 0 Å². The third-order valence-corrected chi connectivity index (χ3v) is 18.5. The molecule has 0 amide bonds. The van der Waals surface area contributed by atoms with Gasteiger partial charge in [-0.25, -0.2) is 0 Å². The molecule has 0 saturated carbocycles. The van der Waals surface area contributed by atoms with Gasteiger partial charge in [-0.05, 0) is 21.2 Å². The Morgan fingerprint density at radius 1 is 0.452 bits per heavy atom. The van der Waals surface area contributed by atoms with Crippen molar-refractivity contribution >= 4 is 68.5 Å². The largest absolute Gasteiger partial charge is 1.00 e. The second-order valence-corrected chi connectivity index (χ2v) is 16.8. The van der Waals surface area contributed by atoms with Gasteiger partial charge in [0.15, 0.2) is 0 Å². The zero-order valence-electron chi connectivity index (χ0n) is 17.1. The molecular weight excluding hydrogens is 469 g/mol. The predicted octanol–water partition coefficient (Wildman–Crippen LogP) is 2.94. The quantitative estimate of drug-likeness (QED) is 0.232. The summed E-state index contributed by atoms with van der Waals surface area (Å²) in [5.41, 5.74) is 0. The summed E-state index contributed by atoms with van der Waals surface area (Å²) < 4.78 is 0. The normalized spacial score (nSPS) is 11.7. The van der Waals surface area contributed by atoms with Gasteiger partial charge in [-0.15, -0.1) is 40.5 Å². The second-order valence-electron chi connectivity index (χ2n) is 6.83. The molecule has 0 spiro atoms. The number of benzene rings is 4. The zero-order valence-corrected chi connectivity index (χ0v) is 21.3. The van der Waals surface area contributed by atoms with Crippen LogP contribution in [0, 0.1) is 4.86 Å². The Labute approximate surface area is 212 Å². The van der Waals surface area contributed by atoms with Crippen molar-refractivity contribution in [1.29, 1.82) is 0 Å². The van der Waals surface area contributed by atoms with Crippen LogP contribution in [0.25, 0.3) is 0 Å². The van der Waals surface area contributed by atoms with Crippen LogP contribution in [0.1, 0.15) is 0 Å². The van der Waals surface area contributed by atoms with E-state index in [0.717, 1.165) is 26.1 Å². The third kappa shape index (κ3) is 4.73. The van der Waals surface area contributed by atoms with E-state index in [-0.39, 0.29) is 18.9 Å². The maximum Gasteiger partial charge on any atom is 1.00 e. The second kappa shape index (κ2) is 10.8. The minimum Gasteiger partial charge on any atom is -0.333 e. The van der Waals surface area contributed by atoms with Crippen LogP contribution >= 0.6 is 23.7 Å². The molecule has 0 aromatic heterocycles. The van der Waals surface area contributed by atoms with Crippen LogP contribution in [0.2, 0.25) is 0 Å². The first-order valence-electron chi connectivity index (χ1n) is 9.54. The predicted molar refractivity (Wildman–Crippen MR) is 142 cm³/mol. The molecule has 4 rings (SSSR count). The maximum absolute atomic E-state index is 7.44. The maximum atomic E-state index is 7.44. The van der Waals surface area contributed by atoms with Gasteiger partial charge in [-0.1, -0.05) is 121 Å². The molecule has 0 radical (unpaired) electrons. The van der Waals surface area contributed by atoms with Crippen molar-refractivity contribution in [2.75, 3.05) is 0 Å². The first kappa shape index (κ1) is 24.7. The summed E-state index contributed by atoms with van der Waals surface area (Å²) in [6.45, 7) is 0. The molecule has 0 nitrogen and oxygen atoms in total. The fourth-order valence-electron chi connectivity index (χ4n) is 3.47. The topological polar surface area (TPSA) is 0 Å². The van der Waals surface area contributed by atoms with Crippen molar-refractivity contribution in [2.45, 2.75) is 0 Å². The van der Waals surface area contributed by atoms with Crippen molar-refractivity contribution in [3.8, 4) is 0 Å². The molecule has 0 fully saturated rings. The third-order valence-electron chi connectivity index (χ3n) is 5.00. The molecule has 0 N–H and O–H groups in total. The van der Waals surface area contributed by atoms with Crippen molar-refractivity contribution in [3.05, 3.63) is 126 Å². The van der Waals surface area contributed by atoms with Gasteiger partial charge in [-0.2, -0.15) is 0 Å². The van der Waals surface area contributed by atoms with E-state index >= 15 is 0 Å². The Morgan fingerprint density at radius 2 is 0.645 bits per heavy atom. The summed E-state index contributed by atoms with van der Waals surface area (Å²) in [6.07, 6.45) is 0. The number of halogens is 1. The van der Waals surface area contributed by atoms with Gasteiger partial charge in [0.2, 0.25) is 0 Å². The first-order valence-corrected chi connectivity index (χ1v) is 15.5. The van der Waals surface area contributed by atoms with E-state index in [1.807, 2.05) is 72.8 Å². The van der Waals surface area contributed by atoms with Crippen LogP contribution in [0.15, 0.2) is 121 Å². The van der Waals surface area contributed by atoms with Crippen molar-refractivity contribution in [3.63, 3.8) is 0 Å². The average Bonchev–Trinajstić information content (AvgIpc) is 2.84. The Kier molecular flexibility index (Phi) is 8.60. The Balaban J connectivity index is 0.00000272. The summed E-state index contributed by atoms with van der Waals surface area (Å²) in [6, 6.07) is 35.9. The van der Waals surface area contributed by atoms with Gasteiger partial charge >= 0.3 is 18.9 Å². The van der Waals surface area contributed by atoms with Crippen molar-refractivity contribution in [1.82, 2.24) is 0 Å². The van der Waals surface area contributed by atoms with Gasteiger partial charge < -0.3 is 11.6 Å². The Morgan fingerprint density at radius 3 is 0.839 bits per heavy atom. The van der Waals surface area contributed by atoms with E-state index in [9.17, 15) is 0 Å². The molecule has 0 aliphatic heterocycles. The Hall–Kier alpha value is -0.933. The monoisotopic (exact) mass is 488 g/mol. The van der Waals surface area contributed by atoms with Crippen LogP contribution in [0.5, 0.6) is 0 Å². The van der Waals surface area contributed by atoms with Crippen LogP contribution in [0.3, 0.4) is 0 Å². The summed E-state index contributed by atoms with van der Waals surface area (Å²) >= 11 is 20.5. The number of hydrogen-bond donors (Lipinski definition) is 0. The van der Waals surface area contributed by atoms with Gasteiger partial charge in [-0.3, -0.25) is 0 Å². The average molecular weight is 489 g/mol. The van der Waals surface area contributed by atoms with Gasteiger partial charge in [0.05, 0.1) is 0 Å². The van der Waals surface area contributed by atoms with Gasteiger partial charge in [0, 0.05) is 0 Å². The van der Waals surface area contributed by atoms with Crippen LogP contribution in [-0.2, 0) is 23.6 Å². The molecule has 0 aliphatic rings. The van der Waals surface area contributed by atoms with Gasteiger partial charge in [0.25, 0.3) is 0 Å². The molecule has 0 heterocycles.